The van der Waals surface area contributed by atoms with Gasteiger partial charge in [-0.1, -0.05) is 30.5 Å². The summed E-state index contributed by atoms with van der Waals surface area (Å²) >= 11 is 1.46. The van der Waals surface area contributed by atoms with Crippen LogP contribution in [0.5, 0.6) is 0 Å². The number of anilines is 1. The topological polar surface area (TPSA) is 61.5 Å². The normalized spacial score (nSPS) is 19.1. The van der Waals surface area contributed by atoms with Gasteiger partial charge >= 0.3 is 0 Å². The number of nitrogens with zero attached hydrogens (tertiary/aromatic N) is 1. The Morgan fingerprint density at radius 1 is 1.40 bits per heavy atom. The SMILES string of the molecule is C=C(SC1=C(N)CNC[C@H]1O)c1ccc(N(C)C)cc1. The number of nitrogens with one attached hydrogen (secondary N) is 1. The second-order valence-electron chi connectivity index (χ2n) is 5.00. The van der Waals surface area contributed by atoms with Crippen LogP contribution >= 0.6 is 11.8 Å². The molecule has 0 bridgehead atoms. The Morgan fingerprint density at radius 2 is 2.05 bits per heavy atom. The minimum atomic E-state index is -0.549. The van der Waals surface area contributed by atoms with Gasteiger partial charge in [0.05, 0.1) is 6.10 Å². The zero-order valence-corrected chi connectivity index (χ0v) is 12.7. The third-order valence-corrected chi connectivity index (χ3v) is 4.45. The average molecular weight is 291 g/mol. The fourth-order valence-corrected chi connectivity index (χ4v) is 2.95. The Labute approximate surface area is 124 Å². The molecule has 1 aromatic carbocycles. The summed E-state index contributed by atoms with van der Waals surface area (Å²) < 4.78 is 0. The van der Waals surface area contributed by atoms with E-state index in [9.17, 15) is 5.11 Å². The number of aliphatic hydroxyl groups excluding tert-OH is 1. The molecular weight excluding hydrogens is 270 g/mol. The van der Waals surface area contributed by atoms with E-state index in [0.717, 1.165) is 21.1 Å². The Hall–Kier alpha value is -1.43. The van der Waals surface area contributed by atoms with E-state index < -0.39 is 6.10 Å². The fourth-order valence-electron chi connectivity index (χ4n) is 2.01. The lowest BCUT2D eigenvalue weighted by atomic mass is 10.2. The average Bonchev–Trinajstić information content (AvgIpc) is 2.43. The van der Waals surface area contributed by atoms with E-state index in [0.29, 0.717) is 18.8 Å². The van der Waals surface area contributed by atoms with Gasteiger partial charge in [0.2, 0.25) is 0 Å². The minimum Gasteiger partial charge on any atom is -0.400 e. The van der Waals surface area contributed by atoms with Crippen molar-refractivity contribution in [3.05, 3.63) is 47.0 Å². The number of benzene rings is 1. The predicted molar refractivity (Wildman–Crippen MR) is 87.5 cm³/mol. The van der Waals surface area contributed by atoms with Crippen LogP contribution in [0, 0.1) is 0 Å². The smallest absolute Gasteiger partial charge is 0.0993 e. The number of nitrogens with two attached hydrogens (primary N) is 1. The summed E-state index contributed by atoms with van der Waals surface area (Å²) in [5.74, 6) is 0. The van der Waals surface area contributed by atoms with Gasteiger partial charge in [0.1, 0.15) is 0 Å². The van der Waals surface area contributed by atoms with E-state index in [1.165, 1.54) is 11.8 Å². The van der Waals surface area contributed by atoms with E-state index in [1.807, 2.05) is 26.2 Å². The third kappa shape index (κ3) is 3.36. The van der Waals surface area contributed by atoms with Gasteiger partial charge in [-0.3, -0.25) is 0 Å². The molecule has 5 heteroatoms. The van der Waals surface area contributed by atoms with Gasteiger partial charge in [-0.05, 0) is 17.7 Å². The Balaban J connectivity index is 2.12. The first-order valence-electron chi connectivity index (χ1n) is 6.51. The van der Waals surface area contributed by atoms with Gasteiger partial charge in [-0.15, -0.1) is 0 Å². The third-order valence-electron chi connectivity index (χ3n) is 3.21. The van der Waals surface area contributed by atoms with Crippen LogP contribution in [0.25, 0.3) is 4.91 Å². The van der Waals surface area contributed by atoms with Gasteiger partial charge in [0.25, 0.3) is 0 Å². The van der Waals surface area contributed by atoms with E-state index in [-0.39, 0.29) is 0 Å². The molecule has 0 aliphatic carbocycles. The first-order valence-corrected chi connectivity index (χ1v) is 7.32. The molecule has 0 aromatic heterocycles. The van der Waals surface area contributed by atoms with Crippen molar-refractivity contribution in [3.63, 3.8) is 0 Å². The molecule has 0 radical (unpaired) electrons. The van der Waals surface area contributed by atoms with Crippen LogP contribution in [0.3, 0.4) is 0 Å². The molecule has 0 spiro atoms. The lowest BCUT2D eigenvalue weighted by Crippen LogP contribution is -2.37. The maximum atomic E-state index is 9.98. The quantitative estimate of drug-likeness (QED) is 0.786. The fraction of sp³-hybridized carbons (Fsp3) is 0.333. The van der Waals surface area contributed by atoms with Crippen LogP contribution in [-0.4, -0.2) is 38.4 Å². The summed E-state index contributed by atoms with van der Waals surface area (Å²) in [5.41, 5.74) is 8.84. The summed E-state index contributed by atoms with van der Waals surface area (Å²) in [5, 5.41) is 13.0. The highest BCUT2D eigenvalue weighted by molar-refractivity contribution is 8.11. The van der Waals surface area contributed by atoms with Crippen molar-refractivity contribution >= 4 is 22.4 Å². The first kappa shape index (κ1) is 15.0. The van der Waals surface area contributed by atoms with Crippen LogP contribution in [-0.2, 0) is 0 Å². The van der Waals surface area contributed by atoms with Crippen LogP contribution in [0.1, 0.15) is 5.56 Å². The van der Waals surface area contributed by atoms with E-state index in [4.69, 9.17) is 5.73 Å². The van der Waals surface area contributed by atoms with Crippen molar-refractivity contribution in [1.82, 2.24) is 5.32 Å². The van der Waals surface area contributed by atoms with Crippen LogP contribution in [0.4, 0.5) is 5.69 Å². The van der Waals surface area contributed by atoms with Gasteiger partial charge < -0.3 is 21.1 Å². The van der Waals surface area contributed by atoms with Crippen molar-refractivity contribution in [2.45, 2.75) is 6.10 Å². The lowest BCUT2D eigenvalue weighted by molar-refractivity contribution is 0.209. The largest absolute Gasteiger partial charge is 0.400 e. The molecule has 0 fully saturated rings. The predicted octanol–water partition coefficient (Wildman–Crippen LogP) is 1.59. The number of hydrogen-bond donors (Lipinski definition) is 3. The highest BCUT2D eigenvalue weighted by Gasteiger charge is 2.20. The van der Waals surface area contributed by atoms with Crippen molar-refractivity contribution < 1.29 is 5.11 Å². The molecule has 1 aromatic rings. The van der Waals surface area contributed by atoms with Crippen molar-refractivity contribution in [2.24, 2.45) is 5.73 Å². The molecular formula is C15H21N3OS. The Morgan fingerprint density at radius 3 is 2.60 bits per heavy atom. The number of β-amino-alcohol motifs (C(OH)–C–C–N with tert-alkyl or cyclic N) is 1. The van der Waals surface area contributed by atoms with E-state index in [2.05, 4.69) is 28.9 Å². The van der Waals surface area contributed by atoms with E-state index in [1.54, 1.807) is 0 Å². The summed E-state index contributed by atoms with van der Waals surface area (Å²) in [6.07, 6.45) is -0.549. The number of thioether (sulfide) groups is 1. The first-order chi connectivity index (χ1) is 9.49. The van der Waals surface area contributed by atoms with Crippen LogP contribution < -0.4 is 16.0 Å². The van der Waals surface area contributed by atoms with Gasteiger partial charge in [-0.2, -0.15) is 0 Å². The zero-order valence-electron chi connectivity index (χ0n) is 11.9. The van der Waals surface area contributed by atoms with Gasteiger partial charge in [0.15, 0.2) is 0 Å². The molecule has 2 rings (SSSR count). The molecule has 4 N–H and O–H groups in total. The maximum Gasteiger partial charge on any atom is 0.0993 e. The van der Waals surface area contributed by atoms with Crippen molar-refractivity contribution in [1.29, 1.82) is 0 Å². The van der Waals surface area contributed by atoms with Crippen LogP contribution in [0.2, 0.25) is 0 Å². The molecule has 1 atom stereocenters. The number of aliphatic hydroxyl groups is 1. The molecule has 0 saturated carbocycles. The number of hydrogen-bond acceptors (Lipinski definition) is 5. The summed E-state index contributed by atoms with van der Waals surface area (Å²) in [6, 6.07) is 8.18. The number of rotatable bonds is 4. The van der Waals surface area contributed by atoms with Crippen LogP contribution in [0.15, 0.2) is 41.4 Å². The molecule has 0 unspecified atom stereocenters. The van der Waals surface area contributed by atoms with Gasteiger partial charge in [0, 0.05) is 48.4 Å². The summed E-state index contributed by atoms with van der Waals surface area (Å²) in [4.78, 5) is 3.76. The lowest BCUT2D eigenvalue weighted by Gasteiger charge is -2.24. The molecule has 20 heavy (non-hydrogen) atoms. The summed E-state index contributed by atoms with van der Waals surface area (Å²) in [7, 11) is 4.02. The van der Waals surface area contributed by atoms with Crippen molar-refractivity contribution in [2.75, 3.05) is 32.1 Å². The zero-order chi connectivity index (χ0) is 14.7. The molecule has 1 aliphatic rings. The monoisotopic (exact) mass is 291 g/mol. The molecule has 0 saturated heterocycles. The highest BCUT2D eigenvalue weighted by Crippen LogP contribution is 2.36. The second kappa shape index (κ2) is 6.35. The van der Waals surface area contributed by atoms with Gasteiger partial charge in [-0.25, -0.2) is 0 Å². The molecule has 0 amide bonds. The maximum absolute atomic E-state index is 9.98. The standard InChI is InChI=1S/C15H21N3OS/c1-10(11-4-6-12(7-5-11)18(2)3)20-15-13(16)8-17-9-14(15)19/h4-7,14,17,19H,1,8-9,16H2,2-3H3/t14-/m1/s1. The summed E-state index contributed by atoms with van der Waals surface area (Å²) in [6.45, 7) is 5.25. The molecule has 108 valence electrons. The molecule has 1 aliphatic heterocycles. The minimum absolute atomic E-state index is 0.538. The Bertz CT molecular complexity index is 522. The molecule has 1 heterocycles. The molecule has 4 nitrogen and oxygen atoms in total. The van der Waals surface area contributed by atoms with Crippen molar-refractivity contribution in [3.8, 4) is 0 Å². The van der Waals surface area contributed by atoms with E-state index >= 15 is 0 Å². The Kier molecular flexibility index (Phi) is 4.75. The highest BCUT2D eigenvalue weighted by atomic mass is 32.2. The second-order valence-corrected chi connectivity index (χ2v) is 6.14.